The van der Waals surface area contributed by atoms with Gasteiger partial charge >= 0.3 is 6.09 Å². The van der Waals surface area contributed by atoms with Crippen LogP contribution in [0.3, 0.4) is 0 Å². The van der Waals surface area contributed by atoms with E-state index >= 15 is 0 Å². The summed E-state index contributed by atoms with van der Waals surface area (Å²) in [6.07, 6.45) is 1.55. The summed E-state index contributed by atoms with van der Waals surface area (Å²) in [6.45, 7) is 0.703. The van der Waals surface area contributed by atoms with Crippen molar-refractivity contribution in [3.8, 4) is 0 Å². The van der Waals surface area contributed by atoms with Gasteiger partial charge < -0.3 is 9.64 Å². The highest BCUT2D eigenvalue weighted by Gasteiger charge is 2.30. The lowest BCUT2D eigenvalue weighted by Gasteiger charge is -2.23. The second-order valence-corrected chi connectivity index (χ2v) is 3.87. The molecule has 86 valence electrons. The number of rotatable bonds is 1. The van der Waals surface area contributed by atoms with Crippen LogP contribution >= 0.6 is 0 Å². The maximum Gasteiger partial charge on any atom is 0.409 e. The van der Waals surface area contributed by atoms with Crippen LogP contribution in [0.1, 0.15) is 24.4 Å². The van der Waals surface area contributed by atoms with Crippen LogP contribution in [-0.2, 0) is 4.74 Å². The highest BCUT2D eigenvalue weighted by molar-refractivity contribution is 5.68. The molecule has 16 heavy (non-hydrogen) atoms. The predicted molar refractivity (Wildman–Crippen MR) is 57.5 cm³/mol. The van der Waals surface area contributed by atoms with Crippen LogP contribution in [-0.4, -0.2) is 24.6 Å². The number of amides is 1. The van der Waals surface area contributed by atoms with E-state index in [0.717, 1.165) is 18.4 Å². The van der Waals surface area contributed by atoms with E-state index in [4.69, 9.17) is 4.74 Å². The lowest BCUT2D eigenvalue weighted by molar-refractivity contribution is 0.119. The van der Waals surface area contributed by atoms with Crippen molar-refractivity contribution in [1.29, 1.82) is 0 Å². The van der Waals surface area contributed by atoms with Gasteiger partial charge in [-0.1, -0.05) is 12.1 Å². The van der Waals surface area contributed by atoms with Gasteiger partial charge in [0, 0.05) is 6.54 Å². The lowest BCUT2D eigenvalue weighted by Crippen LogP contribution is -2.30. The number of hydrogen-bond donors (Lipinski definition) is 0. The molecule has 0 saturated carbocycles. The van der Waals surface area contributed by atoms with E-state index in [-0.39, 0.29) is 18.0 Å². The summed E-state index contributed by atoms with van der Waals surface area (Å²) in [6, 6.07) is 6.31. The van der Waals surface area contributed by atoms with Crippen molar-refractivity contribution in [3.05, 3.63) is 35.6 Å². The first-order valence-electron chi connectivity index (χ1n) is 5.32. The van der Waals surface area contributed by atoms with Gasteiger partial charge in [-0.05, 0) is 30.5 Å². The molecule has 0 bridgehead atoms. The number of ether oxygens (including phenoxy) is 1. The summed E-state index contributed by atoms with van der Waals surface area (Å²) in [5, 5.41) is 0. The van der Waals surface area contributed by atoms with Crippen molar-refractivity contribution < 1.29 is 13.9 Å². The van der Waals surface area contributed by atoms with E-state index in [2.05, 4.69) is 0 Å². The third-order valence-corrected chi connectivity index (χ3v) is 2.92. The SMILES string of the molecule is COC(=O)N1CCCC1c1ccc(F)cc1. The third kappa shape index (κ3) is 2.01. The summed E-state index contributed by atoms with van der Waals surface area (Å²) in [5.41, 5.74) is 0.962. The molecule has 1 saturated heterocycles. The second kappa shape index (κ2) is 4.51. The molecule has 0 aromatic heterocycles. The van der Waals surface area contributed by atoms with Crippen LogP contribution < -0.4 is 0 Å². The molecule has 2 rings (SSSR count). The van der Waals surface area contributed by atoms with Gasteiger partial charge in [0.05, 0.1) is 13.2 Å². The number of halogens is 1. The summed E-state index contributed by atoms with van der Waals surface area (Å²) in [7, 11) is 1.38. The first kappa shape index (κ1) is 10.9. The van der Waals surface area contributed by atoms with Crippen LogP contribution in [0.15, 0.2) is 24.3 Å². The average Bonchev–Trinajstić information content (AvgIpc) is 2.78. The van der Waals surface area contributed by atoms with Gasteiger partial charge in [-0.15, -0.1) is 0 Å². The van der Waals surface area contributed by atoms with Crippen molar-refractivity contribution in [2.75, 3.05) is 13.7 Å². The largest absolute Gasteiger partial charge is 0.453 e. The van der Waals surface area contributed by atoms with Gasteiger partial charge in [-0.25, -0.2) is 9.18 Å². The molecule has 1 aromatic carbocycles. The summed E-state index contributed by atoms with van der Waals surface area (Å²) in [5.74, 6) is -0.258. The molecule has 0 aliphatic carbocycles. The zero-order valence-electron chi connectivity index (χ0n) is 9.15. The van der Waals surface area contributed by atoms with E-state index in [1.54, 1.807) is 17.0 Å². The molecule has 1 aromatic rings. The Hall–Kier alpha value is -1.58. The van der Waals surface area contributed by atoms with Gasteiger partial charge in [-0.2, -0.15) is 0 Å². The maximum atomic E-state index is 12.8. The van der Waals surface area contributed by atoms with Gasteiger partial charge in [0.25, 0.3) is 0 Å². The van der Waals surface area contributed by atoms with Gasteiger partial charge in [0.1, 0.15) is 5.82 Å². The Balaban J connectivity index is 2.19. The third-order valence-electron chi connectivity index (χ3n) is 2.92. The van der Waals surface area contributed by atoms with Crippen molar-refractivity contribution in [1.82, 2.24) is 4.90 Å². The molecule has 1 fully saturated rings. The van der Waals surface area contributed by atoms with E-state index in [1.165, 1.54) is 19.2 Å². The van der Waals surface area contributed by atoms with Crippen LogP contribution in [0.25, 0.3) is 0 Å². The molecule has 1 aliphatic heterocycles. The van der Waals surface area contributed by atoms with E-state index in [9.17, 15) is 9.18 Å². The van der Waals surface area contributed by atoms with Crippen molar-refractivity contribution >= 4 is 6.09 Å². The van der Waals surface area contributed by atoms with E-state index in [1.807, 2.05) is 0 Å². The quantitative estimate of drug-likeness (QED) is 0.732. The summed E-state index contributed by atoms with van der Waals surface area (Å²) < 4.78 is 17.5. The first-order valence-corrected chi connectivity index (χ1v) is 5.32. The zero-order chi connectivity index (χ0) is 11.5. The minimum absolute atomic E-state index is 0.0213. The molecule has 1 aliphatic rings. The Kier molecular flexibility index (Phi) is 3.08. The van der Waals surface area contributed by atoms with Crippen LogP contribution in [0.2, 0.25) is 0 Å². The van der Waals surface area contributed by atoms with Gasteiger partial charge in [-0.3, -0.25) is 0 Å². The number of methoxy groups -OCH3 is 1. The smallest absolute Gasteiger partial charge is 0.409 e. The minimum atomic E-state index is -0.313. The Labute approximate surface area is 93.8 Å². The van der Waals surface area contributed by atoms with E-state index in [0.29, 0.717) is 6.54 Å². The monoisotopic (exact) mass is 223 g/mol. The van der Waals surface area contributed by atoms with Crippen molar-refractivity contribution in [2.45, 2.75) is 18.9 Å². The zero-order valence-corrected chi connectivity index (χ0v) is 9.15. The van der Waals surface area contributed by atoms with Crippen molar-refractivity contribution in [3.63, 3.8) is 0 Å². The molecule has 1 amide bonds. The normalized spacial score (nSPS) is 19.9. The fourth-order valence-corrected chi connectivity index (χ4v) is 2.13. The highest BCUT2D eigenvalue weighted by Crippen LogP contribution is 2.32. The van der Waals surface area contributed by atoms with Crippen LogP contribution in [0.4, 0.5) is 9.18 Å². The molecule has 1 atom stereocenters. The number of hydrogen-bond acceptors (Lipinski definition) is 2. The van der Waals surface area contributed by atoms with Crippen molar-refractivity contribution in [2.24, 2.45) is 0 Å². The molecule has 1 heterocycles. The highest BCUT2D eigenvalue weighted by atomic mass is 19.1. The Bertz CT molecular complexity index is 377. The number of carbonyl (C=O) groups excluding carboxylic acids is 1. The predicted octanol–water partition coefficient (Wildman–Crippen LogP) is 2.73. The Morgan fingerprint density at radius 2 is 2.12 bits per heavy atom. The fourth-order valence-electron chi connectivity index (χ4n) is 2.13. The maximum absolute atomic E-state index is 12.8. The number of likely N-dealkylation sites (tertiary alicyclic amines) is 1. The standard InChI is InChI=1S/C12H14FNO2/c1-16-12(15)14-8-2-3-11(14)9-4-6-10(13)7-5-9/h4-7,11H,2-3,8H2,1H3. The minimum Gasteiger partial charge on any atom is -0.453 e. The Morgan fingerprint density at radius 1 is 1.44 bits per heavy atom. The number of nitrogens with zero attached hydrogens (tertiary/aromatic N) is 1. The second-order valence-electron chi connectivity index (χ2n) is 3.87. The molecule has 0 N–H and O–H groups in total. The first-order chi connectivity index (χ1) is 7.72. The number of carbonyl (C=O) groups is 1. The molecule has 1 unspecified atom stereocenters. The fraction of sp³-hybridized carbons (Fsp3) is 0.417. The molecule has 3 nitrogen and oxygen atoms in total. The molecule has 0 spiro atoms. The summed E-state index contributed by atoms with van der Waals surface area (Å²) >= 11 is 0. The summed E-state index contributed by atoms with van der Waals surface area (Å²) in [4.78, 5) is 13.2. The molecular weight excluding hydrogens is 209 g/mol. The van der Waals surface area contributed by atoms with Gasteiger partial charge in [0.15, 0.2) is 0 Å². The Morgan fingerprint density at radius 3 is 2.75 bits per heavy atom. The lowest BCUT2D eigenvalue weighted by atomic mass is 10.0. The molecular formula is C12H14FNO2. The van der Waals surface area contributed by atoms with E-state index < -0.39 is 0 Å². The average molecular weight is 223 g/mol. The topological polar surface area (TPSA) is 29.5 Å². The number of benzene rings is 1. The van der Waals surface area contributed by atoms with Gasteiger partial charge in [0.2, 0.25) is 0 Å². The van der Waals surface area contributed by atoms with Crippen LogP contribution in [0.5, 0.6) is 0 Å². The molecule has 4 heteroatoms. The van der Waals surface area contributed by atoms with Crippen LogP contribution in [0, 0.1) is 5.82 Å². The molecule has 0 radical (unpaired) electrons.